The van der Waals surface area contributed by atoms with Gasteiger partial charge in [0.2, 0.25) is 0 Å². The number of fused-ring (bicyclic) bond motifs is 1. The van der Waals surface area contributed by atoms with Crippen LogP contribution in [0, 0.1) is 6.92 Å². The Morgan fingerprint density at radius 2 is 2.32 bits per heavy atom. The number of thiazole rings is 2. The van der Waals surface area contributed by atoms with Gasteiger partial charge >= 0.3 is 0 Å². The maximum Gasteiger partial charge on any atom is 0.193 e. The first kappa shape index (κ1) is 15.0. The summed E-state index contributed by atoms with van der Waals surface area (Å²) < 4.78 is 2.02. The molecule has 0 aliphatic heterocycles. The van der Waals surface area contributed by atoms with Crippen LogP contribution < -0.4 is 10.6 Å². The van der Waals surface area contributed by atoms with E-state index in [1.807, 2.05) is 28.4 Å². The normalized spacial score (nSPS) is 12.0. The summed E-state index contributed by atoms with van der Waals surface area (Å²) in [6.07, 6.45) is 5.92. The third kappa shape index (κ3) is 3.63. The van der Waals surface area contributed by atoms with E-state index in [1.54, 1.807) is 22.7 Å². The summed E-state index contributed by atoms with van der Waals surface area (Å²) in [5, 5.41) is 9.63. The molecule has 6 nitrogen and oxygen atoms in total. The third-order valence-corrected chi connectivity index (χ3v) is 4.65. The van der Waals surface area contributed by atoms with Crippen LogP contribution in [0.4, 0.5) is 0 Å². The van der Waals surface area contributed by atoms with Crippen LogP contribution in [-0.2, 0) is 13.1 Å². The van der Waals surface area contributed by atoms with E-state index in [-0.39, 0.29) is 0 Å². The summed E-state index contributed by atoms with van der Waals surface area (Å²) in [6, 6.07) is 0. The van der Waals surface area contributed by atoms with Crippen LogP contribution >= 0.6 is 22.7 Å². The Morgan fingerprint density at radius 1 is 1.41 bits per heavy atom. The van der Waals surface area contributed by atoms with Gasteiger partial charge in [0.1, 0.15) is 5.01 Å². The third-order valence-electron chi connectivity index (χ3n) is 2.96. The number of rotatable bonds is 5. The molecule has 0 amide bonds. The molecule has 0 spiro atoms. The Balaban J connectivity index is 1.62. The molecular weight excluding hydrogens is 316 g/mol. The molecule has 2 N–H and O–H groups in total. The summed E-state index contributed by atoms with van der Waals surface area (Å²) in [4.78, 5) is 15.7. The van der Waals surface area contributed by atoms with Crippen LogP contribution in [0.1, 0.15) is 22.5 Å². The summed E-state index contributed by atoms with van der Waals surface area (Å²) in [5.41, 5.74) is 0.967. The van der Waals surface area contributed by atoms with Crippen LogP contribution in [0.2, 0.25) is 0 Å². The molecule has 0 aliphatic rings. The van der Waals surface area contributed by atoms with E-state index < -0.39 is 0 Å². The van der Waals surface area contributed by atoms with Gasteiger partial charge in [-0.05, 0) is 13.8 Å². The molecule has 3 rings (SSSR count). The van der Waals surface area contributed by atoms with Crippen molar-refractivity contribution in [3.63, 3.8) is 0 Å². The second kappa shape index (κ2) is 6.89. The maximum absolute atomic E-state index is 4.58. The van der Waals surface area contributed by atoms with E-state index in [1.165, 1.54) is 4.88 Å². The number of hydrogen-bond donors (Lipinski definition) is 2. The molecule has 22 heavy (non-hydrogen) atoms. The van der Waals surface area contributed by atoms with E-state index in [2.05, 4.69) is 39.4 Å². The van der Waals surface area contributed by atoms with Crippen molar-refractivity contribution in [1.82, 2.24) is 25.0 Å². The molecule has 0 saturated heterocycles. The lowest BCUT2D eigenvalue weighted by molar-refractivity contribution is 0.809. The van der Waals surface area contributed by atoms with Crippen molar-refractivity contribution in [2.75, 3.05) is 6.54 Å². The molecule has 8 heteroatoms. The van der Waals surface area contributed by atoms with Crippen molar-refractivity contribution in [3.8, 4) is 0 Å². The Hall–Kier alpha value is -1.93. The van der Waals surface area contributed by atoms with Gasteiger partial charge in [-0.2, -0.15) is 0 Å². The molecular formula is C14H18N6S2. The topological polar surface area (TPSA) is 66.6 Å². The Kier molecular flexibility index (Phi) is 4.69. The molecule has 3 aromatic rings. The predicted molar refractivity (Wildman–Crippen MR) is 91.6 cm³/mol. The zero-order valence-electron chi connectivity index (χ0n) is 12.5. The molecule has 0 aromatic carbocycles. The number of nitrogens with zero attached hydrogens (tertiary/aromatic N) is 4. The van der Waals surface area contributed by atoms with Gasteiger partial charge in [-0.3, -0.25) is 4.40 Å². The fourth-order valence-electron chi connectivity index (χ4n) is 2.00. The largest absolute Gasteiger partial charge is 0.357 e. The first-order valence-electron chi connectivity index (χ1n) is 7.09. The van der Waals surface area contributed by atoms with Gasteiger partial charge < -0.3 is 10.6 Å². The summed E-state index contributed by atoms with van der Waals surface area (Å²) >= 11 is 3.32. The fourth-order valence-corrected chi connectivity index (χ4v) is 3.44. The van der Waals surface area contributed by atoms with E-state index in [4.69, 9.17) is 0 Å². The van der Waals surface area contributed by atoms with Crippen molar-refractivity contribution in [1.29, 1.82) is 0 Å². The van der Waals surface area contributed by atoms with Crippen molar-refractivity contribution < 1.29 is 0 Å². The first-order valence-corrected chi connectivity index (χ1v) is 8.79. The average molecular weight is 334 g/mol. The summed E-state index contributed by atoms with van der Waals surface area (Å²) in [7, 11) is 0. The molecule has 0 radical (unpaired) electrons. The number of aliphatic imine (C=N–C) groups is 1. The monoisotopic (exact) mass is 334 g/mol. The SMILES string of the molecule is CCNC(=NCc1cn2ccsc2n1)NCc1ncc(C)s1. The minimum atomic E-state index is 0.556. The Bertz CT molecular complexity index is 741. The number of hydrogen-bond acceptors (Lipinski definition) is 5. The molecule has 0 fully saturated rings. The lowest BCUT2D eigenvalue weighted by atomic mass is 10.5. The second-order valence-electron chi connectivity index (χ2n) is 4.74. The molecule has 3 aromatic heterocycles. The number of nitrogens with one attached hydrogen (secondary N) is 2. The van der Waals surface area contributed by atoms with Gasteiger partial charge in [0.25, 0.3) is 0 Å². The number of guanidine groups is 1. The molecule has 0 aliphatic carbocycles. The van der Waals surface area contributed by atoms with Crippen molar-refractivity contribution >= 4 is 33.6 Å². The smallest absolute Gasteiger partial charge is 0.193 e. The van der Waals surface area contributed by atoms with Crippen molar-refractivity contribution in [3.05, 3.63) is 39.5 Å². The van der Waals surface area contributed by atoms with E-state index >= 15 is 0 Å². The molecule has 0 saturated carbocycles. The van der Waals surface area contributed by atoms with Crippen LogP contribution in [0.3, 0.4) is 0 Å². The lowest BCUT2D eigenvalue weighted by Gasteiger charge is -2.09. The molecule has 3 heterocycles. The highest BCUT2D eigenvalue weighted by molar-refractivity contribution is 7.15. The van der Waals surface area contributed by atoms with Gasteiger partial charge in [-0.1, -0.05) is 0 Å². The Morgan fingerprint density at radius 3 is 3.05 bits per heavy atom. The highest BCUT2D eigenvalue weighted by Gasteiger charge is 2.04. The fraction of sp³-hybridized carbons (Fsp3) is 0.357. The molecule has 0 bridgehead atoms. The van der Waals surface area contributed by atoms with Gasteiger partial charge in [-0.25, -0.2) is 15.0 Å². The Labute approximate surface area is 137 Å². The van der Waals surface area contributed by atoms with E-state index in [0.717, 1.165) is 28.2 Å². The minimum Gasteiger partial charge on any atom is -0.357 e. The van der Waals surface area contributed by atoms with E-state index in [9.17, 15) is 0 Å². The predicted octanol–water partition coefficient (Wildman–Crippen LogP) is 2.42. The quantitative estimate of drug-likeness (QED) is 0.555. The van der Waals surface area contributed by atoms with Crippen LogP contribution in [0.5, 0.6) is 0 Å². The van der Waals surface area contributed by atoms with Gasteiger partial charge in [0.15, 0.2) is 10.9 Å². The number of aryl methyl sites for hydroxylation is 1. The maximum atomic E-state index is 4.58. The molecule has 0 atom stereocenters. The van der Waals surface area contributed by atoms with E-state index in [0.29, 0.717) is 13.1 Å². The standard InChI is InChI=1S/C14H18N6S2/c1-3-15-13(18-8-12-16-6-10(2)22-12)17-7-11-9-20-4-5-21-14(20)19-11/h4-6,9H,3,7-8H2,1-2H3,(H2,15,17,18). The van der Waals surface area contributed by atoms with Crippen LogP contribution in [0.25, 0.3) is 4.96 Å². The van der Waals surface area contributed by atoms with Crippen LogP contribution in [-0.4, -0.2) is 26.9 Å². The number of imidazole rings is 1. The average Bonchev–Trinajstić information content (AvgIpc) is 3.17. The summed E-state index contributed by atoms with van der Waals surface area (Å²) in [6.45, 7) is 6.17. The summed E-state index contributed by atoms with van der Waals surface area (Å²) in [5.74, 6) is 0.784. The molecule has 116 valence electrons. The van der Waals surface area contributed by atoms with Crippen molar-refractivity contribution in [2.24, 2.45) is 4.99 Å². The highest BCUT2D eigenvalue weighted by Crippen LogP contribution is 2.12. The second-order valence-corrected chi connectivity index (χ2v) is 6.93. The minimum absolute atomic E-state index is 0.556. The zero-order chi connectivity index (χ0) is 15.4. The highest BCUT2D eigenvalue weighted by atomic mass is 32.1. The van der Waals surface area contributed by atoms with Crippen molar-refractivity contribution in [2.45, 2.75) is 26.9 Å². The van der Waals surface area contributed by atoms with Crippen LogP contribution in [0.15, 0.2) is 29.0 Å². The van der Waals surface area contributed by atoms with Gasteiger partial charge in [0, 0.05) is 35.4 Å². The number of aromatic nitrogens is 3. The van der Waals surface area contributed by atoms with Gasteiger partial charge in [0.05, 0.1) is 18.8 Å². The lowest BCUT2D eigenvalue weighted by Crippen LogP contribution is -2.36. The van der Waals surface area contributed by atoms with Gasteiger partial charge in [-0.15, -0.1) is 22.7 Å². The first-order chi connectivity index (χ1) is 10.7. The zero-order valence-corrected chi connectivity index (χ0v) is 14.2. The molecule has 0 unspecified atom stereocenters.